The number of benzene rings is 2. The van der Waals surface area contributed by atoms with Crippen LogP contribution in [0.4, 0.5) is 26.3 Å². The standard InChI is InChI=1S/C21H12F6N2O2/c22-20(23,24)30-16-5-1-3-13(11-16)18-8-7-15(9-10-28)29-19(18)14-4-2-6-17(12-14)31-21(25,26)27/h1-8,11-12H,9H2. The minimum absolute atomic E-state index is 0.0662. The van der Waals surface area contributed by atoms with Crippen molar-refractivity contribution in [1.29, 1.82) is 5.26 Å². The smallest absolute Gasteiger partial charge is 0.406 e. The fourth-order valence-electron chi connectivity index (χ4n) is 2.83. The second kappa shape index (κ2) is 8.55. The van der Waals surface area contributed by atoms with E-state index in [4.69, 9.17) is 5.26 Å². The molecule has 0 unspecified atom stereocenters. The molecule has 160 valence electrons. The van der Waals surface area contributed by atoms with Gasteiger partial charge in [0.2, 0.25) is 0 Å². The maximum Gasteiger partial charge on any atom is 0.573 e. The second-order valence-electron chi connectivity index (χ2n) is 6.18. The normalized spacial score (nSPS) is 11.6. The van der Waals surface area contributed by atoms with Crippen LogP contribution in [-0.2, 0) is 6.42 Å². The molecular formula is C21H12F6N2O2. The van der Waals surface area contributed by atoms with Gasteiger partial charge in [-0.3, -0.25) is 4.98 Å². The number of pyridine rings is 1. The molecule has 31 heavy (non-hydrogen) atoms. The summed E-state index contributed by atoms with van der Waals surface area (Å²) in [5, 5.41) is 8.93. The Morgan fingerprint density at radius 2 is 1.32 bits per heavy atom. The highest BCUT2D eigenvalue weighted by atomic mass is 19.4. The summed E-state index contributed by atoms with van der Waals surface area (Å²) < 4.78 is 83.3. The molecule has 0 spiro atoms. The van der Waals surface area contributed by atoms with Crippen molar-refractivity contribution in [3.05, 3.63) is 66.4 Å². The van der Waals surface area contributed by atoms with E-state index in [0.29, 0.717) is 11.3 Å². The van der Waals surface area contributed by atoms with Crippen LogP contribution in [-0.4, -0.2) is 17.7 Å². The highest BCUT2D eigenvalue weighted by Crippen LogP contribution is 2.35. The van der Waals surface area contributed by atoms with Gasteiger partial charge in [-0.2, -0.15) is 5.26 Å². The fraction of sp³-hybridized carbons (Fsp3) is 0.143. The van der Waals surface area contributed by atoms with Crippen LogP contribution in [0.15, 0.2) is 60.7 Å². The van der Waals surface area contributed by atoms with Gasteiger partial charge < -0.3 is 9.47 Å². The molecule has 3 aromatic rings. The molecule has 0 N–H and O–H groups in total. The van der Waals surface area contributed by atoms with Crippen LogP contribution in [0.25, 0.3) is 22.4 Å². The number of halogens is 6. The van der Waals surface area contributed by atoms with Crippen molar-refractivity contribution in [1.82, 2.24) is 4.98 Å². The number of ether oxygens (including phenoxy) is 2. The van der Waals surface area contributed by atoms with E-state index in [2.05, 4.69) is 14.5 Å². The lowest BCUT2D eigenvalue weighted by Gasteiger charge is -2.14. The molecule has 0 radical (unpaired) electrons. The number of nitrogens with zero attached hydrogens (tertiary/aromatic N) is 2. The van der Waals surface area contributed by atoms with Crippen LogP contribution in [0.1, 0.15) is 5.69 Å². The minimum Gasteiger partial charge on any atom is -0.406 e. The lowest BCUT2D eigenvalue weighted by molar-refractivity contribution is -0.275. The molecule has 0 bridgehead atoms. The van der Waals surface area contributed by atoms with E-state index >= 15 is 0 Å². The summed E-state index contributed by atoms with van der Waals surface area (Å²) >= 11 is 0. The van der Waals surface area contributed by atoms with Gasteiger partial charge >= 0.3 is 12.7 Å². The second-order valence-corrected chi connectivity index (χ2v) is 6.18. The first kappa shape index (κ1) is 22.0. The summed E-state index contributed by atoms with van der Waals surface area (Å²) in [6.45, 7) is 0. The van der Waals surface area contributed by atoms with E-state index in [-0.39, 0.29) is 23.2 Å². The van der Waals surface area contributed by atoms with Crippen molar-refractivity contribution in [2.75, 3.05) is 0 Å². The molecule has 2 aromatic carbocycles. The largest absolute Gasteiger partial charge is 0.573 e. The summed E-state index contributed by atoms with van der Waals surface area (Å²) in [5.74, 6) is -0.955. The van der Waals surface area contributed by atoms with Gasteiger partial charge in [0.1, 0.15) is 11.5 Å². The molecule has 0 saturated heterocycles. The molecule has 1 heterocycles. The van der Waals surface area contributed by atoms with Crippen molar-refractivity contribution in [2.24, 2.45) is 0 Å². The van der Waals surface area contributed by atoms with Gasteiger partial charge in [-0.25, -0.2) is 0 Å². The van der Waals surface area contributed by atoms with E-state index < -0.39 is 24.2 Å². The van der Waals surface area contributed by atoms with Gasteiger partial charge in [0.05, 0.1) is 23.9 Å². The number of hydrogen-bond donors (Lipinski definition) is 0. The molecule has 1 aromatic heterocycles. The Hall–Kier alpha value is -3.74. The lowest BCUT2D eigenvalue weighted by atomic mass is 9.98. The first-order valence-electron chi connectivity index (χ1n) is 8.63. The maximum absolute atomic E-state index is 12.6. The van der Waals surface area contributed by atoms with E-state index in [1.165, 1.54) is 36.4 Å². The van der Waals surface area contributed by atoms with Gasteiger partial charge in [0.15, 0.2) is 0 Å². The van der Waals surface area contributed by atoms with Crippen molar-refractivity contribution in [3.63, 3.8) is 0 Å². The van der Waals surface area contributed by atoms with Crippen molar-refractivity contribution >= 4 is 0 Å². The Kier molecular flexibility index (Phi) is 6.06. The maximum atomic E-state index is 12.6. The topological polar surface area (TPSA) is 55.1 Å². The van der Waals surface area contributed by atoms with E-state index in [1.54, 1.807) is 0 Å². The SMILES string of the molecule is N#CCc1ccc(-c2cccc(OC(F)(F)F)c2)c(-c2cccc(OC(F)(F)F)c2)n1. The average Bonchev–Trinajstić information content (AvgIpc) is 2.66. The van der Waals surface area contributed by atoms with Gasteiger partial charge in [-0.05, 0) is 35.9 Å². The van der Waals surface area contributed by atoms with E-state index in [0.717, 1.165) is 24.3 Å². The molecule has 0 aliphatic rings. The summed E-state index contributed by atoms with van der Waals surface area (Å²) in [6.07, 6.45) is -9.86. The number of nitriles is 1. The van der Waals surface area contributed by atoms with Crippen LogP contribution in [0, 0.1) is 11.3 Å². The minimum atomic E-state index is -4.90. The molecular weight excluding hydrogens is 426 g/mol. The summed E-state index contributed by atoms with van der Waals surface area (Å²) in [6, 6.07) is 15.1. The number of aromatic nitrogens is 1. The Morgan fingerprint density at radius 1 is 0.774 bits per heavy atom. The van der Waals surface area contributed by atoms with Crippen LogP contribution in [0.3, 0.4) is 0 Å². The molecule has 0 aliphatic carbocycles. The van der Waals surface area contributed by atoms with Gasteiger partial charge in [-0.15, -0.1) is 26.3 Å². The van der Waals surface area contributed by atoms with Gasteiger partial charge in [0.25, 0.3) is 0 Å². The molecule has 0 amide bonds. The van der Waals surface area contributed by atoms with Crippen molar-refractivity contribution in [3.8, 4) is 40.0 Å². The number of alkyl halides is 6. The predicted octanol–water partition coefficient (Wildman–Crippen LogP) is 6.28. The third-order valence-corrected chi connectivity index (χ3v) is 3.93. The summed E-state index contributed by atoms with van der Waals surface area (Å²) in [5.41, 5.74) is 1.35. The number of hydrogen-bond acceptors (Lipinski definition) is 4. The summed E-state index contributed by atoms with van der Waals surface area (Å²) in [7, 11) is 0. The first-order valence-corrected chi connectivity index (χ1v) is 8.63. The van der Waals surface area contributed by atoms with Gasteiger partial charge in [0, 0.05) is 11.1 Å². The molecule has 0 saturated carbocycles. The highest BCUT2D eigenvalue weighted by molar-refractivity contribution is 5.81. The van der Waals surface area contributed by atoms with Crippen LogP contribution < -0.4 is 9.47 Å². The first-order chi connectivity index (χ1) is 14.5. The fourth-order valence-corrected chi connectivity index (χ4v) is 2.83. The molecule has 0 fully saturated rings. The lowest BCUT2D eigenvalue weighted by Crippen LogP contribution is -2.17. The molecule has 10 heteroatoms. The quantitative estimate of drug-likeness (QED) is 0.440. The highest BCUT2D eigenvalue weighted by Gasteiger charge is 2.32. The van der Waals surface area contributed by atoms with Crippen molar-refractivity contribution < 1.29 is 35.8 Å². The zero-order valence-corrected chi connectivity index (χ0v) is 15.5. The Balaban J connectivity index is 2.11. The third kappa shape index (κ3) is 6.12. The van der Waals surface area contributed by atoms with Gasteiger partial charge in [-0.1, -0.05) is 30.3 Å². The third-order valence-electron chi connectivity index (χ3n) is 3.93. The summed E-state index contributed by atoms with van der Waals surface area (Å²) in [4.78, 5) is 4.33. The predicted molar refractivity (Wildman–Crippen MR) is 97.8 cm³/mol. The Labute approximate surface area is 172 Å². The molecule has 4 nitrogen and oxygen atoms in total. The Bertz CT molecular complexity index is 1120. The molecule has 0 atom stereocenters. The molecule has 0 aliphatic heterocycles. The van der Waals surface area contributed by atoms with Crippen molar-refractivity contribution in [2.45, 2.75) is 19.1 Å². The van der Waals surface area contributed by atoms with E-state index in [1.807, 2.05) is 6.07 Å². The van der Waals surface area contributed by atoms with E-state index in [9.17, 15) is 26.3 Å². The Morgan fingerprint density at radius 3 is 1.87 bits per heavy atom. The number of rotatable bonds is 5. The average molecular weight is 438 g/mol. The monoisotopic (exact) mass is 438 g/mol. The molecule has 3 rings (SSSR count). The zero-order chi connectivity index (χ0) is 22.6. The zero-order valence-electron chi connectivity index (χ0n) is 15.5. The van der Waals surface area contributed by atoms with Crippen LogP contribution in [0.2, 0.25) is 0 Å². The van der Waals surface area contributed by atoms with Crippen LogP contribution in [0.5, 0.6) is 11.5 Å². The van der Waals surface area contributed by atoms with Crippen LogP contribution >= 0.6 is 0 Å².